The van der Waals surface area contributed by atoms with E-state index in [1.54, 1.807) is 0 Å². The zero-order valence-corrected chi connectivity index (χ0v) is 8.65. The molecule has 6 nitrogen and oxygen atoms in total. The van der Waals surface area contributed by atoms with Crippen LogP contribution in [-0.4, -0.2) is 50.6 Å². The van der Waals surface area contributed by atoms with Gasteiger partial charge in [0.05, 0.1) is 13.8 Å². The first-order chi connectivity index (χ1) is 5.85. The Kier molecular flexibility index (Phi) is 4.74. The molecule has 0 unspecified atom stereocenters. The summed E-state index contributed by atoms with van der Waals surface area (Å²) < 4.78 is 29.7. The maximum Gasteiger partial charge on any atom is 0.397 e. The van der Waals surface area contributed by atoms with Crippen LogP contribution in [0, 0.1) is 0 Å². The average Bonchev–Trinajstić information content (AvgIpc) is 2.34. The second kappa shape index (κ2) is 5.05. The summed E-state index contributed by atoms with van der Waals surface area (Å²) in [4.78, 5) is 4.25. The van der Waals surface area contributed by atoms with E-state index in [1.807, 2.05) is 0 Å². The molecule has 0 aliphatic carbocycles. The van der Waals surface area contributed by atoms with Crippen molar-refractivity contribution in [3.63, 3.8) is 0 Å². The monoisotopic (exact) mass is 210 g/mol. The molecule has 1 aliphatic heterocycles. The summed E-state index contributed by atoms with van der Waals surface area (Å²) in [5.41, 5.74) is 0. The zero-order chi connectivity index (χ0) is 10.5. The van der Waals surface area contributed by atoms with Crippen LogP contribution in [0.2, 0.25) is 0 Å². The Hall–Kier alpha value is -0.790. The van der Waals surface area contributed by atoms with Gasteiger partial charge in [0.15, 0.2) is 0 Å². The Morgan fingerprint density at radius 1 is 1.31 bits per heavy atom. The summed E-state index contributed by atoms with van der Waals surface area (Å²) in [5, 5.41) is 0. The molecular formula is C6H14N2O4S. The van der Waals surface area contributed by atoms with Crippen molar-refractivity contribution in [1.82, 2.24) is 9.80 Å². The molecule has 13 heavy (non-hydrogen) atoms. The number of rotatable bonds is 1. The molecule has 7 heteroatoms. The van der Waals surface area contributed by atoms with E-state index < -0.39 is 10.4 Å². The third-order valence-corrected chi connectivity index (χ3v) is 1.65. The zero-order valence-electron chi connectivity index (χ0n) is 7.84. The number of hydrogen-bond acceptors (Lipinski definition) is 5. The van der Waals surface area contributed by atoms with E-state index in [9.17, 15) is 8.42 Å². The van der Waals surface area contributed by atoms with Crippen LogP contribution < -0.4 is 0 Å². The van der Waals surface area contributed by atoms with Crippen molar-refractivity contribution in [3.8, 4) is 0 Å². The second-order valence-corrected chi connectivity index (χ2v) is 3.74. The van der Waals surface area contributed by atoms with Gasteiger partial charge in [0, 0.05) is 26.5 Å². The van der Waals surface area contributed by atoms with Gasteiger partial charge in [-0.1, -0.05) is 0 Å². The van der Waals surface area contributed by atoms with Gasteiger partial charge in [0.1, 0.15) is 0 Å². The SMILES string of the molecule is CN1C=CN(C)C1.COS(=O)(=O)O. The largest absolute Gasteiger partial charge is 0.397 e. The summed E-state index contributed by atoms with van der Waals surface area (Å²) in [7, 11) is 0.819. The van der Waals surface area contributed by atoms with E-state index in [0.29, 0.717) is 0 Å². The fourth-order valence-electron chi connectivity index (χ4n) is 0.674. The molecule has 0 aromatic heterocycles. The maximum atomic E-state index is 9.33. The lowest BCUT2D eigenvalue weighted by molar-refractivity contribution is 0.324. The summed E-state index contributed by atoms with van der Waals surface area (Å²) in [6.07, 6.45) is 4.11. The van der Waals surface area contributed by atoms with Crippen LogP contribution in [-0.2, 0) is 14.6 Å². The lowest BCUT2D eigenvalue weighted by atomic mass is 10.9. The van der Waals surface area contributed by atoms with Crippen molar-refractivity contribution in [2.24, 2.45) is 0 Å². The summed E-state index contributed by atoms with van der Waals surface area (Å²) in [6, 6.07) is 0. The van der Waals surface area contributed by atoms with Crippen LogP contribution in [0.4, 0.5) is 0 Å². The molecule has 0 amide bonds. The van der Waals surface area contributed by atoms with Gasteiger partial charge in [0.25, 0.3) is 0 Å². The molecule has 0 radical (unpaired) electrons. The van der Waals surface area contributed by atoms with Crippen LogP contribution >= 0.6 is 0 Å². The highest BCUT2D eigenvalue weighted by Crippen LogP contribution is 1.97. The third kappa shape index (κ3) is 7.57. The van der Waals surface area contributed by atoms with Crippen molar-refractivity contribution in [1.29, 1.82) is 0 Å². The molecule has 0 spiro atoms. The Labute approximate surface area is 78.3 Å². The summed E-state index contributed by atoms with van der Waals surface area (Å²) >= 11 is 0. The number of nitrogens with zero attached hydrogens (tertiary/aromatic N) is 2. The van der Waals surface area contributed by atoms with Crippen LogP contribution in [0.1, 0.15) is 0 Å². The van der Waals surface area contributed by atoms with Gasteiger partial charge in [-0.05, 0) is 0 Å². The molecule has 1 aliphatic rings. The molecule has 0 fully saturated rings. The lowest BCUT2D eigenvalue weighted by Gasteiger charge is -2.10. The molecule has 0 aromatic carbocycles. The molecule has 0 bridgehead atoms. The van der Waals surface area contributed by atoms with Gasteiger partial charge >= 0.3 is 10.4 Å². The quantitative estimate of drug-likeness (QED) is 0.601. The molecule has 0 atom stereocenters. The van der Waals surface area contributed by atoms with Gasteiger partial charge in [-0.15, -0.1) is 0 Å². The first-order valence-corrected chi connectivity index (χ1v) is 4.83. The lowest BCUT2D eigenvalue weighted by Crippen LogP contribution is -2.17. The van der Waals surface area contributed by atoms with Crippen LogP contribution in [0.25, 0.3) is 0 Å². The van der Waals surface area contributed by atoms with Crippen LogP contribution in [0.15, 0.2) is 12.4 Å². The Bertz CT molecular complexity index is 252. The highest BCUT2D eigenvalue weighted by atomic mass is 32.3. The smallest absolute Gasteiger partial charge is 0.362 e. The van der Waals surface area contributed by atoms with Gasteiger partial charge in [-0.2, -0.15) is 8.42 Å². The normalized spacial score (nSPS) is 15.7. The van der Waals surface area contributed by atoms with E-state index in [2.05, 4.69) is 40.5 Å². The highest BCUT2D eigenvalue weighted by Gasteiger charge is 1.99. The van der Waals surface area contributed by atoms with Gasteiger partial charge < -0.3 is 9.80 Å². The first-order valence-electron chi connectivity index (χ1n) is 3.47. The minimum absolute atomic E-state index is 0.870. The first kappa shape index (κ1) is 12.2. The summed E-state index contributed by atoms with van der Waals surface area (Å²) in [6.45, 7) is 1.03. The van der Waals surface area contributed by atoms with E-state index >= 15 is 0 Å². The molecule has 78 valence electrons. The van der Waals surface area contributed by atoms with E-state index in [4.69, 9.17) is 4.55 Å². The van der Waals surface area contributed by atoms with E-state index in [0.717, 1.165) is 13.8 Å². The van der Waals surface area contributed by atoms with Gasteiger partial charge in [0.2, 0.25) is 0 Å². The molecule has 0 aromatic rings. The van der Waals surface area contributed by atoms with Crippen LogP contribution in [0.5, 0.6) is 0 Å². The minimum Gasteiger partial charge on any atom is -0.362 e. The molecule has 1 heterocycles. The van der Waals surface area contributed by atoms with Gasteiger partial charge in [-0.3, -0.25) is 8.74 Å². The van der Waals surface area contributed by atoms with Crippen molar-refractivity contribution >= 4 is 10.4 Å². The van der Waals surface area contributed by atoms with Crippen molar-refractivity contribution in [3.05, 3.63) is 12.4 Å². The predicted octanol–water partition coefficient (Wildman–Crippen LogP) is -0.272. The fraction of sp³-hybridized carbons (Fsp3) is 0.667. The average molecular weight is 210 g/mol. The Morgan fingerprint density at radius 2 is 1.62 bits per heavy atom. The molecular weight excluding hydrogens is 196 g/mol. The predicted molar refractivity (Wildman–Crippen MR) is 48.1 cm³/mol. The minimum atomic E-state index is -4.16. The molecule has 0 saturated heterocycles. The molecule has 0 saturated carbocycles. The maximum absolute atomic E-state index is 9.33. The number of hydrogen-bond donors (Lipinski definition) is 1. The van der Waals surface area contributed by atoms with E-state index in [1.165, 1.54) is 0 Å². The van der Waals surface area contributed by atoms with Crippen molar-refractivity contribution in [2.75, 3.05) is 27.9 Å². The van der Waals surface area contributed by atoms with Gasteiger partial charge in [-0.25, -0.2) is 0 Å². The Morgan fingerprint density at radius 3 is 1.69 bits per heavy atom. The van der Waals surface area contributed by atoms with E-state index in [-0.39, 0.29) is 0 Å². The second-order valence-electron chi connectivity index (χ2n) is 2.55. The summed E-state index contributed by atoms with van der Waals surface area (Å²) in [5.74, 6) is 0. The standard InChI is InChI=1S/C5H10N2.CH4O4S/c1-6-3-4-7(2)5-6;1-5-6(2,3)4/h3-4H,5H2,1-2H3;1H3,(H,2,3,4). The van der Waals surface area contributed by atoms with Crippen LogP contribution in [0.3, 0.4) is 0 Å². The molecule has 1 N–H and O–H groups in total. The van der Waals surface area contributed by atoms with Crippen molar-refractivity contribution in [2.45, 2.75) is 0 Å². The highest BCUT2D eigenvalue weighted by molar-refractivity contribution is 7.80. The third-order valence-electron chi connectivity index (χ3n) is 1.23. The fourth-order valence-corrected chi connectivity index (χ4v) is 0.674. The van der Waals surface area contributed by atoms with Crippen molar-refractivity contribution < 1.29 is 17.2 Å². The topological polar surface area (TPSA) is 70.1 Å². The molecule has 1 rings (SSSR count). The Balaban J connectivity index is 0.000000226.